The number of anilines is 1. The molecule has 2 aromatic heterocycles. The topological polar surface area (TPSA) is 84.8 Å². The summed E-state index contributed by atoms with van der Waals surface area (Å²) in [5.74, 6) is 0.930. The number of aromatic nitrogens is 4. The number of amides is 1. The lowest BCUT2D eigenvalue weighted by Gasteiger charge is -2.12. The third-order valence-electron chi connectivity index (χ3n) is 4.89. The zero-order chi connectivity index (χ0) is 22.0. The maximum Gasteiger partial charge on any atom is 0.260 e. The number of aromatic amines is 1. The number of carbonyl (C=O) groups is 1. The van der Waals surface area contributed by atoms with E-state index in [1.807, 2.05) is 50.2 Å². The number of hydrogen-bond donors (Lipinski definition) is 2. The predicted octanol–water partition coefficient (Wildman–Crippen LogP) is 5.30. The minimum absolute atomic E-state index is 0.0715. The van der Waals surface area contributed by atoms with Gasteiger partial charge in [0.15, 0.2) is 5.82 Å². The fourth-order valence-corrected chi connectivity index (χ4v) is 3.58. The molecule has 0 atom stereocenters. The second-order valence-corrected chi connectivity index (χ2v) is 7.74. The Morgan fingerprint density at radius 2 is 1.90 bits per heavy atom. The fraction of sp³-hybridized carbons (Fsp3) is 0.174. The van der Waals surface area contributed by atoms with Gasteiger partial charge in [-0.25, -0.2) is 4.68 Å². The number of rotatable bonds is 6. The van der Waals surface area contributed by atoms with E-state index in [0.29, 0.717) is 16.4 Å². The van der Waals surface area contributed by atoms with E-state index in [4.69, 9.17) is 16.3 Å². The van der Waals surface area contributed by atoms with Gasteiger partial charge in [-0.2, -0.15) is 10.2 Å². The normalized spacial score (nSPS) is 11.0. The lowest BCUT2D eigenvalue weighted by molar-refractivity contribution is 0.102. The summed E-state index contributed by atoms with van der Waals surface area (Å²) in [7, 11) is 1.61. The van der Waals surface area contributed by atoms with Gasteiger partial charge in [0.05, 0.1) is 35.9 Å². The minimum Gasteiger partial charge on any atom is -0.496 e. The third kappa shape index (κ3) is 4.18. The van der Waals surface area contributed by atoms with Crippen LogP contribution in [0.3, 0.4) is 0 Å². The van der Waals surface area contributed by atoms with Crippen LogP contribution in [0.5, 0.6) is 5.75 Å². The van der Waals surface area contributed by atoms with Crippen molar-refractivity contribution < 1.29 is 9.53 Å². The second kappa shape index (κ2) is 8.65. The number of methoxy groups -OCH3 is 1. The molecule has 0 spiro atoms. The van der Waals surface area contributed by atoms with E-state index in [0.717, 1.165) is 28.4 Å². The van der Waals surface area contributed by atoms with E-state index >= 15 is 0 Å². The number of nitrogens with one attached hydrogen (secondary N) is 2. The molecule has 0 aliphatic carbocycles. The fourth-order valence-electron chi connectivity index (χ4n) is 3.45. The highest BCUT2D eigenvalue weighted by atomic mass is 35.5. The number of para-hydroxylation sites is 1. The Hall–Kier alpha value is -3.58. The molecular formula is C23H22ClN5O2. The zero-order valence-corrected chi connectivity index (χ0v) is 18.1. The van der Waals surface area contributed by atoms with Crippen LogP contribution in [0.1, 0.15) is 35.8 Å². The van der Waals surface area contributed by atoms with E-state index in [-0.39, 0.29) is 11.8 Å². The molecule has 4 rings (SSSR count). The van der Waals surface area contributed by atoms with Crippen LogP contribution in [0.25, 0.3) is 16.9 Å². The van der Waals surface area contributed by atoms with Gasteiger partial charge in [0.2, 0.25) is 0 Å². The van der Waals surface area contributed by atoms with Crippen LogP contribution < -0.4 is 10.1 Å². The molecular weight excluding hydrogens is 414 g/mol. The first-order valence-electron chi connectivity index (χ1n) is 9.82. The number of hydrogen-bond acceptors (Lipinski definition) is 4. The molecule has 7 nitrogen and oxygen atoms in total. The second-order valence-electron chi connectivity index (χ2n) is 7.31. The predicted molar refractivity (Wildman–Crippen MR) is 121 cm³/mol. The Kier molecular flexibility index (Phi) is 5.77. The standard InChI is InChI=1S/C23H22ClN5O2/c1-14(2)22-18(13-25-29(22)16-10-8-15(24)9-11-16)23(30)26-21-12-19(27-28-21)17-6-4-5-7-20(17)31-3/h4-14H,1-3H3,(H2,26,27,28,30). The van der Waals surface area contributed by atoms with E-state index in [1.54, 1.807) is 36.2 Å². The first-order valence-corrected chi connectivity index (χ1v) is 10.2. The SMILES string of the molecule is COc1ccccc1-c1cc(NC(=O)c2cnn(-c3ccc(Cl)cc3)c2C(C)C)n[nH]1. The quantitative estimate of drug-likeness (QED) is 0.430. The molecule has 0 aliphatic heterocycles. The average molecular weight is 436 g/mol. The first-order chi connectivity index (χ1) is 15.0. The summed E-state index contributed by atoms with van der Waals surface area (Å²) >= 11 is 6.00. The summed E-state index contributed by atoms with van der Waals surface area (Å²) in [5, 5.41) is 15.1. The van der Waals surface area contributed by atoms with Gasteiger partial charge in [-0.1, -0.05) is 37.6 Å². The van der Waals surface area contributed by atoms with Gasteiger partial charge in [-0.05, 0) is 42.3 Å². The highest BCUT2D eigenvalue weighted by molar-refractivity contribution is 6.30. The Morgan fingerprint density at radius 1 is 1.16 bits per heavy atom. The van der Waals surface area contributed by atoms with E-state index in [2.05, 4.69) is 20.6 Å². The summed E-state index contributed by atoms with van der Waals surface area (Å²) < 4.78 is 7.16. The van der Waals surface area contributed by atoms with Crippen molar-refractivity contribution in [2.75, 3.05) is 12.4 Å². The van der Waals surface area contributed by atoms with Crippen molar-refractivity contribution in [2.45, 2.75) is 19.8 Å². The van der Waals surface area contributed by atoms with E-state index < -0.39 is 0 Å². The molecule has 8 heteroatoms. The molecule has 4 aromatic rings. The number of nitrogens with zero attached hydrogens (tertiary/aromatic N) is 3. The van der Waals surface area contributed by atoms with Crippen molar-refractivity contribution in [3.63, 3.8) is 0 Å². The van der Waals surface area contributed by atoms with Crippen molar-refractivity contribution in [1.82, 2.24) is 20.0 Å². The van der Waals surface area contributed by atoms with Crippen molar-refractivity contribution in [1.29, 1.82) is 0 Å². The average Bonchev–Trinajstić information content (AvgIpc) is 3.41. The lowest BCUT2D eigenvalue weighted by Crippen LogP contribution is -2.15. The minimum atomic E-state index is -0.276. The monoisotopic (exact) mass is 435 g/mol. The van der Waals surface area contributed by atoms with Gasteiger partial charge in [0.1, 0.15) is 5.75 Å². The summed E-state index contributed by atoms with van der Waals surface area (Å²) in [4.78, 5) is 13.0. The molecule has 0 bridgehead atoms. The molecule has 0 saturated carbocycles. The van der Waals surface area contributed by atoms with Crippen LogP contribution in [0.2, 0.25) is 5.02 Å². The molecule has 0 fully saturated rings. The van der Waals surface area contributed by atoms with Gasteiger partial charge in [0.25, 0.3) is 5.91 Å². The molecule has 2 N–H and O–H groups in total. The maximum absolute atomic E-state index is 13.0. The van der Waals surface area contributed by atoms with Crippen LogP contribution in [0.15, 0.2) is 60.8 Å². The van der Waals surface area contributed by atoms with Crippen molar-refractivity contribution in [3.05, 3.63) is 77.1 Å². The molecule has 0 radical (unpaired) electrons. The first kappa shape index (κ1) is 20.7. The molecule has 0 saturated heterocycles. The van der Waals surface area contributed by atoms with E-state index in [1.165, 1.54) is 0 Å². The number of ether oxygens (including phenoxy) is 1. The molecule has 2 heterocycles. The molecule has 0 aliphatic rings. The Bertz CT molecular complexity index is 1210. The number of carbonyl (C=O) groups excluding carboxylic acids is 1. The number of halogens is 1. The van der Waals surface area contributed by atoms with Crippen molar-refractivity contribution in [2.24, 2.45) is 0 Å². The summed E-state index contributed by atoms with van der Waals surface area (Å²) in [5.41, 5.74) is 3.74. The van der Waals surface area contributed by atoms with Gasteiger partial charge in [-0.15, -0.1) is 0 Å². The number of H-pyrrole nitrogens is 1. The van der Waals surface area contributed by atoms with Gasteiger partial charge >= 0.3 is 0 Å². The molecule has 1 amide bonds. The lowest BCUT2D eigenvalue weighted by atomic mass is 10.0. The molecule has 158 valence electrons. The third-order valence-corrected chi connectivity index (χ3v) is 5.14. The van der Waals surface area contributed by atoms with Crippen LogP contribution in [-0.4, -0.2) is 33.0 Å². The Labute approximate surface area is 185 Å². The molecule has 2 aromatic carbocycles. The van der Waals surface area contributed by atoms with E-state index in [9.17, 15) is 4.79 Å². The smallest absolute Gasteiger partial charge is 0.260 e. The van der Waals surface area contributed by atoms with Crippen LogP contribution in [-0.2, 0) is 0 Å². The van der Waals surface area contributed by atoms with Crippen molar-refractivity contribution >= 4 is 23.3 Å². The van der Waals surface area contributed by atoms with Crippen LogP contribution in [0, 0.1) is 0 Å². The van der Waals surface area contributed by atoms with Crippen LogP contribution in [0.4, 0.5) is 5.82 Å². The largest absolute Gasteiger partial charge is 0.496 e. The Morgan fingerprint density at radius 3 is 2.61 bits per heavy atom. The number of benzene rings is 2. The summed E-state index contributed by atoms with van der Waals surface area (Å²) in [6.45, 7) is 4.04. The highest BCUT2D eigenvalue weighted by Crippen LogP contribution is 2.30. The maximum atomic E-state index is 13.0. The van der Waals surface area contributed by atoms with Crippen molar-refractivity contribution in [3.8, 4) is 22.7 Å². The Balaban J connectivity index is 1.61. The molecule has 0 unspecified atom stereocenters. The van der Waals surface area contributed by atoms with Gasteiger partial charge < -0.3 is 10.1 Å². The van der Waals surface area contributed by atoms with Gasteiger partial charge in [0, 0.05) is 16.7 Å². The zero-order valence-electron chi connectivity index (χ0n) is 17.4. The van der Waals surface area contributed by atoms with Crippen LogP contribution >= 0.6 is 11.6 Å². The summed E-state index contributed by atoms with van der Waals surface area (Å²) in [6, 6.07) is 16.7. The molecule has 31 heavy (non-hydrogen) atoms. The highest BCUT2D eigenvalue weighted by Gasteiger charge is 2.22. The summed E-state index contributed by atoms with van der Waals surface area (Å²) in [6.07, 6.45) is 1.58. The van der Waals surface area contributed by atoms with Gasteiger partial charge in [-0.3, -0.25) is 9.89 Å².